The van der Waals surface area contributed by atoms with E-state index in [2.05, 4.69) is 66.7 Å². The minimum atomic E-state index is -0.0835. The third-order valence-corrected chi connectivity index (χ3v) is 4.54. The summed E-state index contributed by atoms with van der Waals surface area (Å²) in [6.07, 6.45) is 3.26. The average Bonchev–Trinajstić information content (AvgIpc) is 2.60. The predicted molar refractivity (Wildman–Crippen MR) is 108 cm³/mol. The lowest BCUT2D eigenvalue weighted by molar-refractivity contribution is -0.130. The zero-order valence-corrected chi connectivity index (χ0v) is 16.7. The molecule has 0 aliphatic carbocycles. The summed E-state index contributed by atoms with van der Waals surface area (Å²) in [6.45, 7) is 10.9. The Balaban J connectivity index is 1.80. The molecule has 5 nitrogen and oxygen atoms in total. The van der Waals surface area contributed by atoms with Crippen molar-refractivity contribution >= 4 is 11.9 Å². The Kier molecular flexibility index (Phi) is 7.49. The summed E-state index contributed by atoms with van der Waals surface area (Å²) in [5.74, 6) is 1.49. The first-order valence-electron chi connectivity index (χ1n) is 9.75. The summed E-state index contributed by atoms with van der Waals surface area (Å²) in [4.78, 5) is 18.9. The summed E-state index contributed by atoms with van der Waals surface area (Å²) < 4.78 is 0. The molecule has 1 saturated heterocycles. The smallest absolute Gasteiger partial charge is 0.244 e. The summed E-state index contributed by atoms with van der Waals surface area (Å²) >= 11 is 0. The maximum absolute atomic E-state index is 12.5. The van der Waals surface area contributed by atoms with Crippen LogP contribution in [0.25, 0.3) is 0 Å². The maximum Gasteiger partial charge on any atom is 0.244 e. The van der Waals surface area contributed by atoms with Gasteiger partial charge in [-0.1, -0.05) is 30.3 Å². The Morgan fingerprint density at radius 3 is 2.42 bits per heavy atom. The van der Waals surface area contributed by atoms with Crippen molar-refractivity contribution in [2.24, 2.45) is 10.9 Å². The van der Waals surface area contributed by atoms with Gasteiger partial charge in [-0.25, -0.2) is 4.99 Å². The first-order valence-corrected chi connectivity index (χ1v) is 9.75. The molecule has 1 heterocycles. The molecule has 0 bridgehead atoms. The molecule has 5 heteroatoms. The van der Waals surface area contributed by atoms with Crippen LogP contribution in [-0.4, -0.2) is 48.5 Å². The van der Waals surface area contributed by atoms with Crippen molar-refractivity contribution in [3.05, 3.63) is 35.9 Å². The van der Waals surface area contributed by atoms with Gasteiger partial charge in [0.05, 0.1) is 0 Å². The van der Waals surface area contributed by atoms with E-state index in [1.807, 2.05) is 11.8 Å². The Bertz CT molecular complexity index is 584. The van der Waals surface area contributed by atoms with Crippen LogP contribution in [0, 0.1) is 5.92 Å². The van der Waals surface area contributed by atoms with E-state index in [9.17, 15) is 4.79 Å². The van der Waals surface area contributed by atoms with Gasteiger partial charge in [0.25, 0.3) is 0 Å². The lowest BCUT2D eigenvalue weighted by Gasteiger charge is -2.32. The quantitative estimate of drug-likeness (QED) is 0.629. The van der Waals surface area contributed by atoms with Crippen molar-refractivity contribution in [3.63, 3.8) is 0 Å². The Morgan fingerprint density at radius 2 is 1.85 bits per heavy atom. The van der Waals surface area contributed by atoms with Gasteiger partial charge >= 0.3 is 0 Å². The zero-order valence-electron chi connectivity index (χ0n) is 16.7. The Hall–Kier alpha value is -2.04. The van der Waals surface area contributed by atoms with Gasteiger partial charge in [-0.15, -0.1) is 0 Å². The molecule has 1 aromatic rings. The van der Waals surface area contributed by atoms with Gasteiger partial charge in [0.2, 0.25) is 5.91 Å². The number of nitrogens with one attached hydrogen (secondary N) is 2. The highest BCUT2D eigenvalue weighted by Gasteiger charge is 2.23. The molecule has 0 aromatic heterocycles. The van der Waals surface area contributed by atoms with Gasteiger partial charge in [-0.2, -0.15) is 0 Å². The van der Waals surface area contributed by atoms with Crippen molar-refractivity contribution in [2.75, 3.05) is 26.2 Å². The summed E-state index contributed by atoms with van der Waals surface area (Å²) in [5, 5.41) is 6.52. The average molecular weight is 359 g/mol. The monoisotopic (exact) mass is 358 g/mol. The number of aliphatic imine (C=N–C) groups is 1. The van der Waals surface area contributed by atoms with Crippen molar-refractivity contribution in [1.29, 1.82) is 0 Å². The van der Waals surface area contributed by atoms with Crippen LogP contribution >= 0.6 is 0 Å². The van der Waals surface area contributed by atoms with E-state index in [-0.39, 0.29) is 18.0 Å². The zero-order chi connectivity index (χ0) is 19.0. The lowest BCUT2D eigenvalue weighted by Crippen LogP contribution is -2.48. The Morgan fingerprint density at radius 1 is 1.19 bits per heavy atom. The van der Waals surface area contributed by atoms with Crippen molar-refractivity contribution < 1.29 is 4.79 Å². The third kappa shape index (κ3) is 7.06. The van der Waals surface area contributed by atoms with Crippen LogP contribution in [-0.2, 0) is 11.2 Å². The predicted octanol–water partition coefficient (Wildman–Crippen LogP) is 2.82. The number of rotatable bonds is 5. The molecule has 2 rings (SSSR count). The number of carbonyl (C=O) groups excluding carboxylic acids is 1. The van der Waals surface area contributed by atoms with Gasteiger partial charge in [-0.3, -0.25) is 4.79 Å². The van der Waals surface area contributed by atoms with Gasteiger partial charge in [0.1, 0.15) is 6.54 Å². The van der Waals surface area contributed by atoms with E-state index in [1.165, 1.54) is 5.56 Å². The number of amides is 1. The van der Waals surface area contributed by atoms with E-state index in [4.69, 9.17) is 0 Å². The highest BCUT2D eigenvalue weighted by atomic mass is 16.2. The van der Waals surface area contributed by atoms with Crippen LogP contribution in [0.1, 0.15) is 46.1 Å². The van der Waals surface area contributed by atoms with Crippen LogP contribution in [0.4, 0.5) is 0 Å². The van der Waals surface area contributed by atoms with Gasteiger partial charge in [-0.05, 0) is 58.4 Å². The number of likely N-dealkylation sites (tertiary alicyclic amines) is 1. The van der Waals surface area contributed by atoms with Crippen molar-refractivity contribution in [2.45, 2.75) is 52.5 Å². The van der Waals surface area contributed by atoms with Crippen LogP contribution in [0.5, 0.6) is 0 Å². The van der Waals surface area contributed by atoms with Crippen LogP contribution in [0.3, 0.4) is 0 Å². The van der Waals surface area contributed by atoms with Gasteiger partial charge in [0.15, 0.2) is 5.96 Å². The molecule has 1 aromatic carbocycles. The van der Waals surface area contributed by atoms with E-state index in [0.717, 1.165) is 38.9 Å². The minimum absolute atomic E-state index is 0.0835. The third-order valence-electron chi connectivity index (χ3n) is 4.54. The molecule has 2 N–H and O–H groups in total. The summed E-state index contributed by atoms with van der Waals surface area (Å²) in [6, 6.07) is 10.6. The SMILES string of the molecule is CCNC(=NCC(=O)N1CCC(Cc2ccccc2)CC1)NC(C)(C)C. The molecule has 0 spiro atoms. The topological polar surface area (TPSA) is 56.7 Å². The molecule has 0 atom stereocenters. The summed E-state index contributed by atoms with van der Waals surface area (Å²) in [5.41, 5.74) is 1.31. The van der Waals surface area contributed by atoms with Crippen molar-refractivity contribution in [3.8, 4) is 0 Å². The first-order chi connectivity index (χ1) is 12.4. The molecule has 0 radical (unpaired) electrons. The molecule has 0 unspecified atom stereocenters. The molecule has 1 aliphatic heterocycles. The molecular formula is C21H34N4O. The fraction of sp³-hybridized carbons (Fsp3) is 0.619. The second-order valence-electron chi connectivity index (χ2n) is 8.08. The summed E-state index contributed by atoms with van der Waals surface area (Å²) in [7, 11) is 0. The number of piperidine rings is 1. The fourth-order valence-corrected chi connectivity index (χ4v) is 3.24. The maximum atomic E-state index is 12.5. The van der Waals surface area contributed by atoms with Crippen LogP contribution < -0.4 is 10.6 Å². The minimum Gasteiger partial charge on any atom is -0.357 e. The van der Waals surface area contributed by atoms with Gasteiger partial charge in [0, 0.05) is 25.2 Å². The van der Waals surface area contributed by atoms with Gasteiger partial charge < -0.3 is 15.5 Å². The van der Waals surface area contributed by atoms with E-state index >= 15 is 0 Å². The number of carbonyl (C=O) groups is 1. The number of guanidine groups is 1. The molecule has 0 saturated carbocycles. The molecule has 1 aliphatic rings. The second kappa shape index (κ2) is 9.60. The Labute approximate surface area is 158 Å². The number of nitrogens with zero attached hydrogens (tertiary/aromatic N) is 2. The fourth-order valence-electron chi connectivity index (χ4n) is 3.24. The van der Waals surface area contributed by atoms with E-state index < -0.39 is 0 Å². The highest BCUT2D eigenvalue weighted by molar-refractivity contribution is 5.85. The molecule has 144 valence electrons. The second-order valence-corrected chi connectivity index (χ2v) is 8.08. The number of benzene rings is 1. The lowest BCUT2D eigenvalue weighted by atomic mass is 9.90. The largest absolute Gasteiger partial charge is 0.357 e. The normalized spacial score (nSPS) is 16.5. The highest BCUT2D eigenvalue weighted by Crippen LogP contribution is 2.21. The van der Waals surface area contributed by atoms with E-state index in [1.54, 1.807) is 0 Å². The number of hydrogen-bond acceptors (Lipinski definition) is 2. The molecule has 1 fully saturated rings. The standard InChI is InChI=1S/C21H34N4O/c1-5-22-20(24-21(2,3)4)23-16-19(26)25-13-11-18(12-14-25)15-17-9-7-6-8-10-17/h6-10,18H,5,11-16H2,1-4H3,(H2,22,23,24). The number of hydrogen-bond donors (Lipinski definition) is 2. The van der Waals surface area contributed by atoms with Crippen LogP contribution in [0.15, 0.2) is 35.3 Å². The van der Waals surface area contributed by atoms with Crippen LogP contribution in [0.2, 0.25) is 0 Å². The molecule has 26 heavy (non-hydrogen) atoms. The molecular weight excluding hydrogens is 324 g/mol. The van der Waals surface area contributed by atoms with Crippen molar-refractivity contribution in [1.82, 2.24) is 15.5 Å². The van der Waals surface area contributed by atoms with E-state index in [0.29, 0.717) is 11.9 Å². The first kappa shape index (κ1) is 20.3. The molecule has 1 amide bonds.